The first-order chi connectivity index (χ1) is 4.33. The Labute approximate surface area is 56.8 Å². The minimum Gasteiger partial charge on any atom is -0.502 e. The Hall–Kier alpha value is -1.07. The summed E-state index contributed by atoms with van der Waals surface area (Å²) in [6, 6.07) is 0. The maximum atomic E-state index is 9.84. The van der Waals surface area contributed by atoms with Crippen molar-refractivity contribution in [1.82, 2.24) is 0 Å². The smallest absolute Gasteiger partial charge is 0.370 e. The number of aliphatic hydroxyl groups is 3. The van der Waals surface area contributed by atoms with Crippen molar-refractivity contribution in [3.8, 4) is 0 Å². The summed E-state index contributed by atoms with van der Waals surface area (Å²) >= 11 is 0. The molecule has 0 aromatic carbocycles. The lowest BCUT2D eigenvalue weighted by Gasteiger charge is -2.08. The van der Waals surface area contributed by atoms with Crippen LogP contribution in [0.25, 0.3) is 0 Å². The average Bonchev–Trinajstić information content (AvgIpc) is 1.60. The highest BCUT2D eigenvalue weighted by atomic mass is 16.5. The molecule has 0 fully saturated rings. The molecule has 0 amide bonds. The summed E-state index contributed by atoms with van der Waals surface area (Å²) in [6.45, 7) is 0.923. The van der Waals surface area contributed by atoms with Crippen LogP contribution in [-0.2, 0) is 4.79 Å². The number of aliphatic hydroxyl groups excluding tert-OH is 1. The van der Waals surface area contributed by atoms with Crippen LogP contribution in [0, 0.1) is 0 Å². The van der Waals surface area contributed by atoms with E-state index in [0.29, 0.717) is 6.08 Å². The highest BCUT2D eigenvalue weighted by Crippen LogP contribution is 2.02. The molecule has 4 N–H and O–H groups in total. The molecule has 0 spiro atoms. The zero-order chi connectivity index (χ0) is 8.36. The van der Waals surface area contributed by atoms with Crippen LogP contribution in [0.2, 0.25) is 0 Å². The number of aliphatic carboxylic acids is 1. The van der Waals surface area contributed by atoms with Crippen LogP contribution in [0.1, 0.15) is 6.92 Å². The van der Waals surface area contributed by atoms with Gasteiger partial charge in [0.25, 0.3) is 0 Å². The first-order valence-electron chi connectivity index (χ1n) is 2.43. The molecular formula is C5H8O5. The molecule has 0 atom stereocenters. The molecule has 58 valence electrons. The van der Waals surface area contributed by atoms with Gasteiger partial charge in [-0.2, -0.15) is 0 Å². The third-order valence-electron chi connectivity index (χ3n) is 0.629. The van der Waals surface area contributed by atoms with Gasteiger partial charge in [-0.1, -0.05) is 0 Å². The van der Waals surface area contributed by atoms with Gasteiger partial charge < -0.3 is 20.4 Å². The fraction of sp³-hybridized carbons (Fsp3) is 0.400. The number of rotatable bonds is 2. The normalized spacial score (nSPS) is 13.3. The minimum atomic E-state index is -2.29. The van der Waals surface area contributed by atoms with E-state index < -0.39 is 17.5 Å². The molecular weight excluding hydrogens is 140 g/mol. The monoisotopic (exact) mass is 148 g/mol. The Bertz CT molecular complexity index is 163. The SMILES string of the molecule is CC(O)(O)/C=C(\O)C(=O)O. The first-order valence-corrected chi connectivity index (χ1v) is 2.43. The van der Waals surface area contributed by atoms with Gasteiger partial charge in [-0.05, 0) is 6.92 Å². The van der Waals surface area contributed by atoms with Crippen LogP contribution < -0.4 is 0 Å². The fourth-order valence-corrected chi connectivity index (χ4v) is 0.321. The van der Waals surface area contributed by atoms with E-state index in [0.717, 1.165) is 6.92 Å². The summed E-state index contributed by atoms with van der Waals surface area (Å²) in [5.41, 5.74) is 0. The van der Waals surface area contributed by atoms with Gasteiger partial charge in [0.05, 0.1) is 0 Å². The van der Waals surface area contributed by atoms with E-state index >= 15 is 0 Å². The Kier molecular flexibility index (Phi) is 2.39. The Morgan fingerprint density at radius 2 is 1.80 bits per heavy atom. The maximum Gasteiger partial charge on any atom is 0.370 e. The lowest BCUT2D eigenvalue weighted by molar-refractivity contribution is -0.137. The van der Waals surface area contributed by atoms with Gasteiger partial charge in [0.15, 0.2) is 5.79 Å². The second-order valence-corrected chi connectivity index (χ2v) is 1.93. The Balaban J connectivity index is 4.32. The van der Waals surface area contributed by atoms with Gasteiger partial charge in [-0.15, -0.1) is 0 Å². The predicted octanol–water partition coefficient (Wildman–Crippen LogP) is -0.786. The summed E-state index contributed by atoms with van der Waals surface area (Å²) < 4.78 is 0. The number of hydrogen-bond acceptors (Lipinski definition) is 4. The number of hydrogen-bond donors (Lipinski definition) is 4. The third-order valence-corrected chi connectivity index (χ3v) is 0.629. The molecule has 0 aliphatic heterocycles. The molecule has 5 heteroatoms. The van der Waals surface area contributed by atoms with Crippen LogP contribution in [0.5, 0.6) is 0 Å². The molecule has 0 aromatic rings. The molecule has 5 nitrogen and oxygen atoms in total. The minimum absolute atomic E-state index is 0.412. The zero-order valence-corrected chi connectivity index (χ0v) is 5.27. The van der Waals surface area contributed by atoms with Crippen LogP contribution in [0.15, 0.2) is 11.8 Å². The predicted molar refractivity (Wildman–Crippen MR) is 31.2 cm³/mol. The molecule has 0 aliphatic rings. The molecule has 0 aromatic heterocycles. The fourth-order valence-electron chi connectivity index (χ4n) is 0.321. The number of carboxylic acid groups (broad SMARTS) is 1. The molecule has 0 saturated carbocycles. The lowest BCUT2D eigenvalue weighted by atomic mass is 10.3. The first kappa shape index (κ1) is 8.93. The summed E-state index contributed by atoms with van der Waals surface area (Å²) in [5.74, 6) is -4.98. The van der Waals surface area contributed by atoms with Crippen molar-refractivity contribution < 1.29 is 25.2 Å². The molecule has 0 bridgehead atoms. The van der Waals surface area contributed by atoms with Crippen LogP contribution in [0.3, 0.4) is 0 Å². The van der Waals surface area contributed by atoms with Crippen molar-refractivity contribution in [1.29, 1.82) is 0 Å². The van der Waals surface area contributed by atoms with Gasteiger partial charge in [-0.25, -0.2) is 4.79 Å². The van der Waals surface area contributed by atoms with Crippen LogP contribution in [-0.4, -0.2) is 32.2 Å². The molecule has 0 radical (unpaired) electrons. The number of carbonyl (C=O) groups is 1. The molecule has 0 saturated heterocycles. The average molecular weight is 148 g/mol. The van der Waals surface area contributed by atoms with E-state index in [9.17, 15) is 4.79 Å². The summed E-state index contributed by atoms with van der Waals surface area (Å²) in [6.07, 6.45) is 0.412. The molecule has 0 unspecified atom stereocenters. The van der Waals surface area contributed by atoms with Crippen molar-refractivity contribution in [2.75, 3.05) is 0 Å². The molecule has 0 heterocycles. The van der Waals surface area contributed by atoms with Crippen molar-refractivity contribution in [3.63, 3.8) is 0 Å². The van der Waals surface area contributed by atoms with Crippen LogP contribution >= 0.6 is 0 Å². The standard InChI is InChI=1S/C5H8O5/c1-5(9,10)2-3(6)4(7)8/h2,6,9-10H,1H3,(H,7,8)/b3-2-. The third kappa shape index (κ3) is 3.88. The summed E-state index contributed by atoms with van der Waals surface area (Å²) in [5, 5.41) is 33.4. The highest BCUT2D eigenvalue weighted by molar-refractivity contribution is 5.83. The van der Waals surface area contributed by atoms with Crippen molar-refractivity contribution >= 4 is 5.97 Å². The quantitative estimate of drug-likeness (QED) is 0.234. The van der Waals surface area contributed by atoms with E-state index in [-0.39, 0.29) is 0 Å². The van der Waals surface area contributed by atoms with E-state index in [1.54, 1.807) is 0 Å². The number of carboxylic acids is 1. The largest absolute Gasteiger partial charge is 0.502 e. The van der Waals surface area contributed by atoms with E-state index in [1.807, 2.05) is 0 Å². The van der Waals surface area contributed by atoms with Crippen molar-refractivity contribution in [2.24, 2.45) is 0 Å². The van der Waals surface area contributed by atoms with E-state index in [2.05, 4.69) is 0 Å². The van der Waals surface area contributed by atoms with Gasteiger partial charge >= 0.3 is 5.97 Å². The second kappa shape index (κ2) is 2.68. The second-order valence-electron chi connectivity index (χ2n) is 1.93. The van der Waals surface area contributed by atoms with E-state index in [1.165, 1.54) is 0 Å². The topological polar surface area (TPSA) is 98.0 Å². The van der Waals surface area contributed by atoms with Crippen molar-refractivity contribution in [2.45, 2.75) is 12.7 Å². The summed E-state index contributed by atoms with van der Waals surface area (Å²) in [4.78, 5) is 9.84. The molecule has 10 heavy (non-hydrogen) atoms. The van der Waals surface area contributed by atoms with E-state index in [4.69, 9.17) is 20.4 Å². The lowest BCUT2D eigenvalue weighted by Crippen LogP contribution is -2.21. The van der Waals surface area contributed by atoms with Gasteiger partial charge in [0.1, 0.15) is 0 Å². The molecule has 0 rings (SSSR count). The van der Waals surface area contributed by atoms with Gasteiger partial charge in [-0.3, -0.25) is 0 Å². The maximum absolute atomic E-state index is 9.84. The van der Waals surface area contributed by atoms with Gasteiger partial charge in [0, 0.05) is 6.08 Å². The molecule has 0 aliphatic carbocycles. The summed E-state index contributed by atoms with van der Waals surface area (Å²) in [7, 11) is 0. The Morgan fingerprint density at radius 1 is 1.40 bits per heavy atom. The van der Waals surface area contributed by atoms with Crippen LogP contribution in [0.4, 0.5) is 0 Å². The van der Waals surface area contributed by atoms with Crippen molar-refractivity contribution in [3.05, 3.63) is 11.8 Å². The highest BCUT2D eigenvalue weighted by Gasteiger charge is 2.15. The van der Waals surface area contributed by atoms with Gasteiger partial charge in [0.2, 0.25) is 5.76 Å². The Morgan fingerprint density at radius 3 is 1.90 bits per heavy atom. The zero-order valence-electron chi connectivity index (χ0n) is 5.27.